The van der Waals surface area contributed by atoms with Crippen LogP contribution in [-0.4, -0.2) is 29.4 Å². The second kappa shape index (κ2) is 8.23. The van der Waals surface area contributed by atoms with Crippen molar-refractivity contribution in [2.24, 2.45) is 0 Å². The molecule has 1 atom stereocenters. The molecular formula is C20H22ClN3O2. The van der Waals surface area contributed by atoms with Gasteiger partial charge in [0, 0.05) is 23.8 Å². The van der Waals surface area contributed by atoms with Crippen molar-refractivity contribution >= 4 is 29.2 Å². The predicted octanol–water partition coefficient (Wildman–Crippen LogP) is 3.96. The molecule has 1 saturated heterocycles. The van der Waals surface area contributed by atoms with Crippen molar-refractivity contribution in [1.82, 2.24) is 10.2 Å². The fraction of sp³-hybridized carbons (Fsp3) is 0.300. The van der Waals surface area contributed by atoms with Crippen LogP contribution in [0.4, 0.5) is 10.5 Å². The number of urea groups is 1. The van der Waals surface area contributed by atoms with Crippen LogP contribution in [0.25, 0.3) is 0 Å². The van der Waals surface area contributed by atoms with Gasteiger partial charge in [0.15, 0.2) is 0 Å². The molecule has 1 aliphatic rings. The van der Waals surface area contributed by atoms with Gasteiger partial charge in [0.25, 0.3) is 0 Å². The predicted molar refractivity (Wildman–Crippen MR) is 103 cm³/mol. The molecule has 3 amide bonds. The van der Waals surface area contributed by atoms with E-state index in [1.807, 2.05) is 49.4 Å². The van der Waals surface area contributed by atoms with Crippen LogP contribution < -0.4 is 10.6 Å². The molecule has 1 heterocycles. The monoisotopic (exact) mass is 371 g/mol. The van der Waals surface area contributed by atoms with E-state index < -0.39 is 6.04 Å². The SMILES string of the molecule is Cc1ccc(NC(=O)N2CCC[C@@H]2C(=O)NCc2ccccc2Cl)cc1. The topological polar surface area (TPSA) is 61.4 Å². The summed E-state index contributed by atoms with van der Waals surface area (Å²) in [7, 11) is 0. The van der Waals surface area contributed by atoms with Crippen LogP contribution in [0.2, 0.25) is 5.02 Å². The highest BCUT2D eigenvalue weighted by molar-refractivity contribution is 6.31. The fourth-order valence-corrected chi connectivity index (χ4v) is 3.26. The molecule has 0 radical (unpaired) electrons. The van der Waals surface area contributed by atoms with Crippen LogP contribution >= 0.6 is 11.6 Å². The third kappa shape index (κ3) is 4.35. The lowest BCUT2D eigenvalue weighted by Gasteiger charge is -2.24. The van der Waals surface area contributed by atoms with E-state index in [4.69, 9.17) is 11.6 Å². The molecule has 1 fully saturated rings. The summed E-state index contributed by atoms with van der Waals surface area (Å²) in [6.07, 6.45) is 1.47. The number of rotatable bonds is 4. The number of halogens is 1. The number of benzene rings is 2. The molecule has 2 N–H and O–H groups in total. The summed E-state index contributed by atoms with van der Waals surface area (Å²) in [5.41, 5.74) is 2.71. The Kier molecular flexibility index (Phi) is 5.78. The van der Waals surface area contributed by atoms with Gasteiger partial charge in [-0.15, -0.1) is 0 Å². The highest BCUT2D eigenvalue weighted by Gasteiger charge is 2.34. The summed E-state index contributed by atoms with van der Waals surface area (Å²) in [4.78, 5) is 26.7. The molecule has 0 spiro atoms. The first-order valence-corrected chi connectivity index (χ1v) is 9.08. The number of nitrogens with zero attached hydrogens (tertiary/aromatic N) is 1. The van der Waals surface area contributed by atoms with Gasteiger partial charge in [-0.2, -0.15) is 0 Å². The quantitative estimate of drug-likeness (QED) is 0.854. The average Bonchev–Trinajstić information content (AvgIpc) is 3.13. The minimum atomic E-state index is -0.456. The zero-order chi connectivity index (χ0) is 18.5. The first-order chi connectivity index (χ1) is 12.5. The molecule has 0 bridgehead atoms. The lowest BCUT2D eigenvalue weighted by molar-refractivity contribution is -0.124. The lowest BCUT2D eigenvalue weighted by Crippen LogP contribution is -2.47. The minimum Gasteiger partial charge on any atom is -0.350 e. The molecule has 2 aromatic rings. The van der Waals surface area contributed by atoms with E-state index >= 15 is 0 Å². The zero-order valence-corrected chi connectivity index (χ0v) is 15.4. The first kappa shape index (κ1) is 18.3. The molecular weight excluding hydrogens is 350 g/mol. The maximum absolute atomic E-state index is 12.6. The Bertz CT molecular complexity index is 792. The summed E-state index contributed by atoms with van der Waals surface area (Å²) in [5.74, 6) is -0.151. The molecule has 0 aromatic heterocycles. The molecule has 5 nitrogen and oxygen atoms in total. The Morgan fingerprint density at radius 2 is 1.88 bits per heavy atom. The Labute approximate surface area is 158 Å². The largest absolute Gasteiger partial charge is 0.350 e. The smallest absolute Gasteiger partial charge is 0.322 e. The zero-order valence-electron chi connectivity index (χ0n) is 14.7. The molecule has 2 aromatic carbocycles. The van der Waals surface area contributed by atoms with Crippen LogP contribution in [-0.2, 0) is 11.3 Å². The van der Waals surface area contributed by atoms with Gasteiger partial charge in [-0.1, -0.05) is 47.5 Å². The molecule has 6 heteroatoms. The lowest BCUT2D eigenvalue weighted by atomic mass is 10.2. The number of amides is 3. The Morgan fingerprint density at radius 3 is 2.62 bits per heavy atom. The van der Waals surface area contributed by atoms with Crippen LogP contribution in [0.15, 0.2) is 48.5 Å². The summed E-state index contributed by atoms with van der Waals surface area (Å²) in [5, 5.41) is 6.38. The van der Waals surface area contributed by atoms with Gasteiger partial charge in [-0.05, 0) is 43.5 Å². The number of nitrogens with one attached hydrogen (secondary N) is 2. The molecule has 1 aliphatic heterocycles. The summed E-state index contributed by atoms with van der Waals surface area (Å²) >= 11 is 6.12. The number of anilines is 1. The number of aryl methyl sites for hydroxylation is 1. The fourth-order valence-electron chi connectivity index (χ4n) is 3.06. The third-order valence-electron chi connectivity index (χ3n) is 4.53. The van der Waals surface area contributed by atoms with Crippen LogP contribution in [0, 0.1) is 6.92 Å². The van der Waals surface area contributed by atoms with Gasteiger partial charge < -0.3 is 15.5 Å². The van der Waals surface area contributed by atoms with E-state index in [9.17, 15) is 9.59 Å². The van der Waals surface area contributed by atoms with E-state index in [2.05, 4.69) is 10.6 Å². The average molecular weight is 372 g/mol. The number of carbonyl (C=O) groups is 2. The van der Waals surface area contributed by atoms with E-state index in [0.29, 0.717) is 24.5 Å². The van der Waals surface area contributed by atoms with Crippen molar-refractivity contribution in [2.75, 3.05) is 11.9 Å². The van der Waals surface area contributed by atoms with Crippen molar-refractivity contribution in [1.29, 1.82) is 0 Å². The van der Waals surface area contributed by atoms with E-state index in [0.717, 1.165) is 23.2 Å². The summed E-state index contributed by atoms with van der Waals surface area (Å²) in [6, 6.07) is 14.3. The highest BCUT2D eigenvalue weighted by atomic mass is 35.5. The van der Waals surface area contributed by atoms with Gasteiger partial charge in [0.05, 0.1) is 0 Å². The number of carbonyl (C=O) groups excluding carboxylic acids is 2. The van der Waals surface area contributed by atoms with Crippen molar-refractivity contribution in [3.63, 3.8) is 0 Å². The van der Waals surface area contributed by atoms with Gasteiger partial charge in [0.2, 0.25) is 5.91 Å². The molecule has 136 valence electrons. The number of hydrogen-bond acceptors (Lipinski definition) is 2. The van der Waals surface area contributed by atoms with Crippen molar-refractivity contribution < 1.29 is 9.59 Å². The number of likely N-dealkylation sites (tertiary alicyclic amines) is 1. The van der Waals surface area contributed by atoms with Crippen molar-refractivity contribution in [3.05, 3.63) is 64.7 Å². The summed E-state index contributed by atoms with van der Waals surface area (Å²) < 4.78 is 0. The molecule has 0 saturated carbocycles. The Morgan fingerprint density at radius 1 is 1.15 bits per heavy atom. The number of hydrogen-bond donors (Lipinski definition) is 2. The van der Waals surface area contributed by atoms with Gasteiger partial charge in [-0.3, -0.25) is 4.79 Å². The van der Waals surface area contributed by atoms with E-state index in [1.54, 1.807) is 11.0 Å². The Balaban J connectivity index is 1.59. The Hall–Kier alpha value is -2.53. The van der Waals surface area contributed by atoms with E-state index in [-0.39, 0.29) is 11.9 Å². The standard InChI is InChI=1S/C20H22ClN3O2/c1-14-8-10-16(11-9-14)23-20(26)24-12-4-7-18(24)19(25)22-13-15-5-2-3-6-17(15)21/h2-3,5-6,8-11,18H,4,7,12-13H2,1H3,(H,22,25)(H,23,26)/t18-/m1/s1. The highest BCUT2D eigenvalue weighted by Crippen LogP contribution is 2.20. The second-order valence-corrected chi connectivity index (χ2v) is 6.86. The van der Waals surface area contributed by atoms with Crippen LogP contribution in [0.3, 0.4) is 0 Å². The van der Waals surface area contributed by atoms with Crippen molar-refractivity contribution in [3.8, 4) is 0 Å². The summed E-state index contributed by atoms with van der Waals surface area (Å²) in [6.45, 7) is 2.91. The van der Waals surface area contributed by atoms with Crippen LogP contribution in [0.5, 0.6) is 0 Å². The molecule has 3 rings (SSSR count). The minimum absolute atomic E-state index is 0.151. The van der Waals surface area contributed by atoms with Crippen LogP contribution in [0.1, 0.15) is 24.0 Å². The van der Waals surface area contributed by atoms with Gasteiger partial charge >= 0.3 is 6.03 Å². The van der Waals surface area contributed by atoms with Gasteiger partial charge in [0.1, 0.15) is 6.04 Å². The third-order valence-corrected chi connectivity index (χ3v) is 4.90. The van der Waals surface area contributed by atoms with Crippen molar-refractivity contribution in [2.45, 2.75) is 32.4 Å². The maximum atomic E-state index is 12.6. The van der Waals surface area contributed by atoms with E-state index in [1.165, 1.54) is 0 Å². The van der Waals surface area contributed by atoms with Gasteiger partial charge in [-0.25, -0.2) is 4.79 Å². The molecule has 0 unspecified atom stereocenters. The molecule has 26 heavy (non-hydrogen) atoms. The first-order valence-electron chi connectivity index (χ1n) is 8.70. The second-order valence-electron chi connectivity index (χ2n) is 6.46. The normalized spacial score (nSPS) is 16.4. The maximum Gasteiger partial charge on any atom is 0.322 e. The molecule has 0 aliphatic carbocycles.